The number of likely N-dealkylation sites (tertiary alicyclic amines) is 1. The van der Waals surface area contributed by atoms with Gasteiger partial charge in [0.15, 0.2) is 4.80 Å². The second-order valence-electron chi connectivity index (χ2n) is 5.28. The Morgan fingerprint density at radius 2 is 2.04 bits per heavy atom. The lowest BCUT2D eigenvalue weighted by Crippen LogP contribution is -2.34. The molecular weight excluding hydrogens is 350 g/mol. The van der Waals surface area contributed by atoms with Crippen molar-refractivity contribution in [2.45, 2.75) is 19.4 Å². The lowest BCUT2D eigenvalue weighted by atomic mass is 10.3. The van der Waals surface area contributed by atoms with E-state index < -0.39 is 5.91 Å². The van der Waals surface area contributed by atoms with Gasteiger partial charge in [-0.2, -0.15) is 4.99 Å². The van der Waals surface area contributed by atoms with Crippen LogP contribution in [0.3, 0.4) is 0 Å². The number of hydrogen-bond donors (Lipinski definition) is 0. The lowest BCUT2D eigenvalue weighted by molar-refractivity contribution is -0.141. The average Bonchev–Trinajstić information content (AvgIpc) is 3.02. The van der Waals surface area contributed by atoms with Crippen LogP contribution in [0.1, 0.15) is 12.8 Å². The summed E-state index contributed by atoms with van der Waals surface area (Å²) in [5, 5.41) is 0.598. The van der Waals surface area contributed by atoms with E-state index in [1.807, 2.05) is 10.6 Å². The number of aromatic nitrogens is 1. The van der Waals surface area contributed by atoms with Gasteiger partial charge in [0, 0.05) is 24.4 Å². The number of allylic oxidation sites excluding steroid dienone is 1. The maximum absolute atomic E-state index is 12.2. The largest absolute Gasteiger partial charge is 0.313 e. The molecule has 24 heavy (non-hydrogen) atoms. The minimum Gasteiger partial charge on any atom is -0.313 e. The van der Waals surface area contributed by atoms with Gasteiger partial charge >= 0.3 is 0 Å². The third-order valence-electron chi connectivity index (χ3n) is 3.63. The summed E-state index contributed by atoms with van der Waals surface area (Å²) in [6, 6.07) is 5.43. The normalized spacial score (nSPS) is 15.5. The molecule has 0 radical (unpaired) electrons. The summed E-state index contributed by atoms with van der Waals surface area (Å²) in [6.45, 7) is 3.88. The molecule has 1 aliphatic rings. The van der Waals surface area contributed by atoms with Crippen LogP contribution < -0.4 is 4.80 Å². The van der Waals surface area contributed by atoms with Crippen molar-refractivity contribution in [2.75, 3.05) is 6.54 Å². The van der Waals surface area contributed by atoms with Gasteiger partial charge in [0.1, 0.15) is 6.54 Å². The second-order valence-corrected chi connectivity index (χ2v) is 6.72. The van der Waals surface area contributed by atoms with E-state index in [9.17, 15) is 14.4 Å². The number of halogens is 1. The predicted molar refractivity (Wildman–Crippen MR) is 91.5 cm³/mol. The number of thiazole rings is 1. The molecule has 1 aliphatic heterocycles. The highest BCUT2D eigenvalue weighted by Gasteiger charge is 2.30. The van der Waals surface area contributed by atoms with Gasteiger partial charge < -0.3 is 4.57 Å². The van der Waals surface area contributed by atoms with Crippen molar-refractivity contribution in [3.8, 4) is 0 Å². The SMILES string of the molecule is C=CCn1c(=NC(=O)CN2C(=O)CCC2=O)sc2cc(Cl)ccc21. The zero-order chi connectivity index (χ0) is 17.3. The Morgan fingerprint density at radius 1 is 1.33 bits per heavy atom. The Morgan fingerprint density at radius 3 is 2.71 bits per heavy atom. The van der Waals surface area contributed by atoms with Gasteiger partial charge in [-0.25, -0.2) is 0 Å². The Bertz CT molecular complexity index is 912. The molecule has 3 amide bonds. The van der Waals surface area contributed by atoms with Gasteiger partial charge in [0.05, 0.1) is 10.2 Å². The first-order valence-corrected chi connectivity index (χ1v) is 8.49. The van der Waals surface area contributed by atoms with Gasteiger partial charge in [-0.15, -0.1) is 6.58 Å². The minimum absolute atomic E-state index is 0.157. The van der Waals surface area contributed by atoms with Crippen LogP contribution in [0.25, 0.3) is 10.2 Å². The number of imide groups is 1. The zero-order valence-electron chi connectivity index (χ0n) is 12.7. The molecule has 2 aromatic rings. The van der Waals surface area contributed by atoms with Crippen molar-refractivity contribution in [3.63, 3.8) is 0 Å². The number of carbonyl (C=O) groups excluding carboxylic acids is 3. The van der Waals surface area contributed by atoms with Crippen LogP contribution in [0.2, 0.25) is 5.02 Å². The summed E-state index contributed by atoms with van der Waals surface area (Å²) in [5.41, 5.74) is 0.893. The molecule has 1 aromatic carbocycles. The van der Waals surface area contributed by atoms with Crippen molar-refractivity contribution >= 4 is 50.9 Å². The highest BCUT2D eigenvalue weighted by atomic mass is 35.5. The number of carbonyl (C=O) groups is 3. The Balaban J connectivity index is 1.97. The van der Waals surface area contributed by atoms with Crippen molar-refractivity contribution in [1.82, 2.24) is 9.47 Å². The quantitative estimate of drug-likeness (QED) is 0.617. The van der Waals surface area contributed by atoms with Gasteiger partial charge in [0.2, 0.25) is 11.8 Å². The van der Waals surface area contributed by atoms with Crippen LogP contribution in [-0.4, -0.2) is 33.7 Å². The molecule has 6 nitrogen and oxygen atoms in total. The van der Waals surface area contributed by atoms with Crippen LogP contribution in [-0.2, 0) is 20.9 Å². The molecule has 2 heterocycles. The van der Waals surface area contributed by atoms with E-state index in [0.717, 1.165) is 15.1 Å². The Labute approximate surface area is 146 Å². The molecule has 124 valence electrons. The van der Waals surface area contributed by atoms with E-state index in [-0.39, 0.29) is 31.2 Å². The number of hydrogen-bond acceptors (Lipinski definition) is 4. The standard InChI is InChI=1S/C16H14ClN3O3S/c1-2-7-19-11-4-3-10(17)8-12(11)24-16(19)18-13(21)9-20-14(22)5-6-15(20)23/h2-4,8H,1,5-7,9H2. The Kier molecular flexibility index (Phi) is 4.64. The fourth-order valence-electron chi connectivity index (χ4n) is 2.51. The molecule has 0 atom stereocenters. The zero-order valence-corrected chi connectivity index (χ0v) is 14.3. The molecule has 1 saturated heterocycles. The van der Waals surface area contributed by atoms with Crippen molar-refractivity contribution in [1.29, 1.82) is 0 Å². The second kappa shape index (κ2) is 6.70. The van der Waals surface area contributed by atoms with Gasteiger partial charge in [0.25, 0.3) is 5.91 Å². The van der Waals surface area contributed by atoms with Crippen molar-refractivity contribution in [3.05, 3.63) is 40.7 Å². The molecule has 0 saturated carbocycles. The lowest BCUT2D eigenvalue weighted by Gasteiger charge is -2.10. The number of amides is 3. The third kappa shape index (κ3) is 3.18. The summed E-state index contributed by atoms with van der Waals surface area (Å²) in [6.07, 6.45) is 2.02. The van der Waals surface area contributed by atoms with Crippen LogP contribution in [0.15, 0.2) is 35.8 Å². The Hall–Kier alpha value is -2.25. The fourth-order valence-corrected chi connectivity index (χ4v) is 3.85. The minimum atomic E-state index is -0.533. The number of rotatable bonds is 4. The smallest absolute Gasteiger partial charge is 0.268 e. The summed E-state index contributed by atoms with van der Waals surface area (Å²) >= 11 is 7.33. The van der Waals surface area contributed by atoms with Gasteiger partial charge in [-0.05, 0) is 18.2 Å². The first-order chi connectivity index (χ1) is 11.5. The molecule has 1 aromatic heterocycles. The molecule has 0 N–H and O–H groups in total. The topological polar surface area (TPSA) is 71.7 Å². The van der Waals surface area contributed by atoms with E-state index in [1.54, 1.807) is 18.2 Å². The molecule has 0 unspecified atom stereocenters. The van der Waals surface area contributed by atoms with Crippen LogP contribution in [0.5, 0.6) is 0 Å². The number of nitrogens with zero attached hydrogens (tertiary/aromatic N) is 3. The molecule has 0 aliphatic carbocycles. The maximum atomic E-state index is 12.2. The molecule has 3 rings (SSSR count). The van der Waals surface area contributed by atoms with Crippen molar-refractivity contribution in [2.24, 2.45) is 4.99 Å². The van der Waals surface area contributed by atoms with E-state index in [4.69, 9.17) is 11.6 Å². The highest BCUT2D eigenvalue weighted by Crippen LogP contribution is 2.22. The average molecular weight is 364 g/mol. The maximum Gasteiger partial charge on any atom is 0.268 e. The summed E-state index contributed by atoms with van der Waals surface area (Å²) in [5.74, 6) is -1.19. The monoisotopic (exact) mass is 363 g/mol. The fraction of sp³-hybridized carbons (Fsp3) is 0.250. The van der Waals surface area contributed by atoms with E-state index in [0.29, 0.717) is 16.4 Å². The van der Waals surface area contributed by atoms with Crippen LogP contribution in [0.4, 0.5) is 0 Å². The molecule has 8 heteroatoms. The number of fused-ring (bicyclic) bond motifs is 1. The van der Waals surface area contributed by atoms with E-state index >= 15 is 0 Å². The summed E-state index contributed by atoms with van der Waals surface area (Å²) in [4.78, 5) is 40.9. The van der Waals surface area contributed by atoms with E-state index in [2.05, 4.69) is 11.6 Å². The molecule has 0 bridgehead atoms. The summed E-state index contributed by atoms with van der Waals surface area (Å²) < 4.78 is 2.73. The highest BCUT2D eigenvalue weighted by molar-refractivity contribution is 7.16. The van der Waals surface area contributed by atoms with E-state index in [1.165, 1.54) is 11.3 Å². The van der Waals surface area contributed by atoms with Gasteiger partial charge in [-0.3, -0.25) is 19.3 Å². The third-order valence-corrected chi connectivity index (χ3v) is 4.90. The van der Waals surface area contributed by atoms with Crippen LogP contribution in [0, 0.1) is 0 Å². The first-order valence-electron chi connectivity index (χ1n) is 7.30. The summed E-state index contributed by atoms with van der Waals surface area (Å²) in [7, 11) is 0. The predicted octanol–water partition coefficient (Wildman–Crippen LogP) is 2.12. The van der Waals surface area contributed by atoms with Crippen molar-refractivity contribution < 1.29 is 14.4 Å². The number of benzene rings is 1. The molecule has 0 spiro atoms. The van der Waals surface area contributed by atoms with Crippen LogP contribution >= 0.6 is 22.9 Å². The van der Waals surface area contributed by atoms with Gasteiger partial charge in [-0.1, -0.05) is 29.0 Å². The molecular formula is C16H14ClN3O3S. The first kappa shape index (κ1) is 16.6. The molecule has 1 fully saturated rings.